The van der Waals surface area contributed by atoms with E-state index >= 15 is 0 Å². The molecule has 0 aliphatic carbocycles. The van der Waals surface area contributed by atoms with E-state index in [-0.39, 0.29) is 0 Å². The van der Waals surface area contributed by atoms with Crippen LogP contribution in [0.3, 0.4) is 0 Å². The summed E-state index contributed by atoms with van der Waals surface area (Å²) < 4.78 is 4.97. The Morgan fingerprint density at radius 1 is 1.73 bits per heavy atom. The molecule has 1 aromatic rings. The fraction of sp³-hybridized carbons (Fsp3) is 0.125. The Kier molecular flexibility index (Phi) is 2.11. The molecule has 0 amide bonds. The molecular weight excluding hydrogens is 140 g/mol. The van der Waals surface area contributed by atoms with Gasteiger partial charge in [0.25, 0.3) is 0 Å². The Bertz CT molecular complexity index is 271. The van der Waals surface area contributed by atoms with Gasteiger partial charge in [-0.2, -0.15) is 0 Å². The van der Waals surface area contributed by atoms with Crippen LogP contribution in [0.15, 0.2) is 18.8 Å². The van der Waals surface area contributed by atoms with Crippen LogP contribution in [-0.2, 0) is 0 Å². The van der Waals surface area contributed by atoms with Crippen molar-refractivity contribution in [2.24, 2.45) is 0 Å². The maximum Gasteiger partial charge on any atom is 0.145 e. The molecule has 3 nitrogen and oxygen atoms in total. The smallest absolute Gasteiger partial charge is 0.145 e. The molecule has 3 heteroatoms. The van der Waals surface area contributed by atoms with Crippen LogP contribution < -0.4 is 10.5 Å². The minimum Gasteiger partial charge on any atom is -0.494 e. The van der Waals surface area contributed by atoms with E-state index in [0.29, 0.717) is 17.1 Å². The molecule has 0 atom stereocenters. The number of rotatable bonds is 2. The van der Waals surface area contributed by atoms with Crippen molar-refractivity contribution in [2.75, 3.05) is 12.8 Å². The highest BCUT2D eigenvalue weighted by atomic mass is 16.5. The maximum atomic E-state index is 5.65. The van der Waals surface area contributed by atoms with Gasteiger partial charge in [-0.15, -0.1) is 0 Å². The minimum atomic E-state index is 0.532. The number of ether oxygens (including phenoxy) is 1. The molecule has 0 spiro atoms. The molecule has 0 saturated carbocycles. The van der Waals surface area contributed by atoms with Gasteiger partial charge in [-0.05, 0) is 6.08 Å². The van der Waals surface area contributed by atoms with E-state index in [9.17, 15) is 0 Å². The summed E-state index contributed by atoms with van der Waals surface area (Å²) in [6, 6.07) is 1.71. The molecule has 58 valence electrons. The molecule has 1 rings (SSSR count). The quantitative estimate of drug-likeness (QED) is 0.691. The van der Waals surface area contributed by atoms with Gasteiger partial charge in [0.05, 0.1) is 12.8 Å². The number of aromatic nitrogens is 1. The van der Waals surface area contributed by atoms with Crippen LogP contribution in [0.5, 0.6) is 5.75 Å². The number of hydrogen-bond acceptors (Lipinski definition) is 3. The summed E-state index contributed by atoms with van der Waals surface area (Å²) in [5.74, 6) is 0.634. The van der Waals surface area contributed by atoms with Crippen LogP contribution in [-0.4, -0.2) is 12.1 Å². The SMILES string of the molecule is C=Cc1nccc(OC)c1N. The third-order valence-electron chi connectivity index (χ3n) is 1.39. The summed E-state index contributed by atoms with van der Waals surface area (Å²) in [7, 11) is 1.57. The molecule has 2 N–H and O–H groups in total. The largest absolute Gasteiger partial charge is 0.494 e. The van der Waals surface area contributed by atoms with E-state index < -0.39 is 0 Å². The van der Waals surface area contributed by atoms with Crippen molar-refractivity contribution in [3.63, 3.8) is 0 Å². The fourth-order valence-electron chi connectivity index (χ4n) is 0.811. The van der Waals surface area contributed by atoms with E-state index in [1.807, 2.05) is 0 Å². The second-order valence-electron chi connectivity index (χ2n) is 2.02. The zero-order chi connectivity index (χ0) is 8.27. The second-order valence-corrected chi connectivity index (χ2v) is 2.02. The molecule has 1 heterocycles. The van der Waals surface area contributed by atoms with Gasteiger partial charge < -0.3 is 10.5 Å². The first-order valence-electron chi connectivity index (χ1n) is 3.20. The molecule has 0 unspecified atom stereocenters. The number of nitrogens with zero attached hydrogens (tertiary/aromatic N) is 1. The van der Waals surface area contributed by atoms with E-state index in [1.165, 1.54) is 0 Å². The Hall–Kier alpha value is -1.51. The topological polar surface area (TPSA) is 48.1 Å². The summed E-state index contributed by atoms with van der Waals surface area (Å²) in [6.45, 7) is 3.57. The predicted molar refractivity (Wildman–Crippen MR) is 45.3 cm³/mol. The summed E-state index contributed by atoms with van der Waals surface area (Å²) in [6.07, 6.45) is 3.23. The number of methoxy groups -OCH3 is 1. The lowest BCUT2D eigenvalue weighted by atomic mass is 10.3. The zero-order valence-corrected chi connectivity index (χ0v) is 6.37. The molecule has 11 heavy (non-hydrogen) atoms. The van der Waals surface area contributed by atoms with Gasteiger partial charge in [0.1, 0.15) is 11.4 Å². The van der Waals surface area contributed by atoms with Crippen molar-refractivity contribution in [1.29, 1.82) is 0 Å². The molecule has 1 aromatic heterocycles. The summed E-state index contributed by atoms with van der Waals surface area (Å²) in [5, 5.41) is 0. The van der Waals surface area contributed by atoms with Crippen molar-refractivity contribution >= 4 is 11.8 Å². The van der Waals surface area contributed by atoms with E-state index in [4.69, 9.17) is 10.5 Å². The first kappa shape index (κ1) is 7.60. The van der Waals surface area contributed by atoms with Gasteiger partial charge in [0.15, 0.2) is 0 Å². The van der Waals surface area contributed by atoms with Crippen LogP contribution in [0.1, 0.15) is 5.69 Å². The molecule has 0 aliphatic heterocycles. The van der Waals surface area contributed by atoms with Gasteiger partial charge in [-0.3, -0.25) is 4.98 Å². The predicted octanol–water partition coefficient (Wildman–Crippen LogP) is 1.32. The van der Waals surface area contributed by atoms with Crippen molar-refractivity contribution in [1.82, 2.24) is 4.98 Å². The molecule has 0 aromatic carbocycles. The normalized spacial score (nSPS) is 9.18. The van der Waals surface area contributed by atoms with Crippen LogP contribution in [0.2, 0.25) is 0 Å². The number of anilines is 1. The standard InChI is InChI=1S/C8H10N2O/c1-3-6-8(9)7(11-2)4-5-10-6/h3-5H,1,9H2,2H3. The van der Waals surface area contributed by atoms with Gasteiger partial charge in [-0.25, -0.2) is 0 Å². The first-order valence-corrected chi connectivity index (χ1v) is 3.20. The van der Waals surface area contributed by atoms with Crippen LogP contribution in [0.4, 0.5) is 5.69 Å². The number of pyridine rings is 1. The lowest BCUT2D eigenvalue weighted by molar-refractivity contribution is 0.416. The highest BCUT2D eigenvalue weighted by molar-refractivity contribution is 5.65. The Labute approximate surface area is 65.5 Å². The number of nitrogen functional groups attached to an aromatic ring is 1. The third kappa shape index (κ3) is 1.32. The third-order valence-corrected chi connectivity index (χ3v) is 1.39. The Morgan fingerprint density at radius 3 is 3.00 bits per heavy atom. The lowest BCUT2D eigenvalue weighted by Gasteiger charge is -2.04. The van der Waals surface area contributed by atoms with Crippen molar-refractivity contribution in [3.8, 4) is 5.75 Å². The van der Waals surface area contributed by atoms with Crippen LogP contribution in [0.25, 0.3) is 6.08 Å². The second kappa shape index (κ2) is 3.05. The summed E-state index contributed by atoms with van der Waals surface area (Å²) in [4.78, 5) is 3.98. The van der Waals surface area contributed by atoms with E-state index in [0.717, 1.165) is 0 Å². The molecule has 0 saturated heterocycles. The van der Waals surface area contributed by atoms with Gasteiger partial charge in [-0.1, -0.05) is 6.58 Å². The Morgan fingerprint density at radius 2 is 2.45 bits per heavy atom. The molecule has 0 fully saturated rings. The van der Waals surface area contributed by atoms with Crippen LogP contribution >= 0.6 is 0 Å². The molecule has 0 radical (unpaired) electrons. The summed E-state index contributed by atoms with van der Waals surface area (Å²) in [5.41, 5.74) is 6.83. The van der Waals surface area contributed by atoms with Crippen molar-refractivity contribution in [2.45, 2.75) is 0 Å². The van der Waals surface area contributed by atoms with Gasteiger partial charge in [0, 0.05) is 12.3 Å². The molecular formula is C8H10N2O. The average molecular weight is 150 g/mol. The first-order chi connectivity index (χ1) is 5.29. The number of nitrogens with two attached hydrogens (primary N) is 1. The minimum absolute atomic E-state index is 0.532. The average Bonchev–Trinajstić information content (AvgIpc) is 2.05. The maximum absolute atomic E-state index is 5.65. The van der Waals surface area contributed by atoms with Crippen LogP contribution in [0, 0.1) is 0 Å². The van der Waals surface area contributed by atoms with E-state index in [2.05, 4.69) is 11.6 Å². The monoisotopic (exact) mass is 150 g/mol. The molecule has 0 bridgehead atoms. The Balaban J connectivity index is 3.20. The van der Waals surface area contributed by atoms with Gasteiger partial charge in [0.2, 0.25) is 0 Å². The lowest BCUT2D eigenvalue weighted by Crippen LogP contribution is -1.96. The van der Waals surface area contributed by atoms with Crippen molar-refractivity contribution < 1.29 is 4.74 Å². The van der Waals surface area contributed by atoms with Crippen molar-refractivity contribution in [3.05, 3.63) is 24.5 Å². The summed E-state index contributed by atoms with van der Waals surface area (Å²) >= 11 is 0. The number of hydrogen-bond donors (Lipinski definition) is 1. The fourth-order valence-corrected chi connectivity index (χ4v) is 0.811. The molecule has 0 aliphatic rings. The van der Waals surface area contributed by atoms with E-state index in [1.54, 1.807) is 25.4 Å². The zero-order valence-electron chi connectivity index (χ0n) is 6.37. The highest BCUT2D eigenvalue weighted by Crippen LogP contribution is 2.22. The van der Waals surface area contributed by atoms with Gasteiger partial charge >= 0.3 is 0 Å². The highest BCUT2D eigenvalue weighted by Gasteiger charge is 2.01.